The van der Waals surface area contributed by atoms with E-state index in [1.165, 1.54) is 33.4 Å². The molecule has 5 nitrogen and oxygen atoms in total. The van der Waals surface area contributed by atoms with Crippen molar-refractivity contribution in [2.75, 3.05) is 13.2 Å². The number of ether oxygens (including phenoxy) is 4. The molecule has 0 spiro atoms. The maximum atomic E-state index is 6.68. The van der Waals surface area contributed by atoms with Gasteiger partial charge < -0.3 is 24.7 Å². The number of halogens is 2. The van der Waals surface area contributed by atoms with Gasteiger partial charge in [-0.05, 0) is 97.0 Å². The topological polar surface area (TPSA) is 62.9 Å². The second kappa shape index (κ2) is 13.3. The van der Waals surface area contributed by atoms with E-state index < -0.39 is 0 Å². The predicted molar refractivity (Wildman–Crippen MR) is 178 cm³/mol. The third kappa shape index (κ3) is 5.85. The predicted octanol–water partition coefficient (Wildman–Crippen LogP) is 9.61. The van der Waals surface area contributed by atoms with Crippen molar-refractivity contribution in [3.8, 4) is 34.1 Å². The molecule has 0 heterocycles. The fourth-order valence-electron chi connectivity index (χ4n) is 6.64. The molecule has 0 saturated carbocycles. The Morgan fingerprint density at radius 3 is 1.59 bits per heavy atom. The fraction of sp³-hybridized carbons (Fsp3) is 0.351. The second-order valence-corrected chi connectivity index (χ2v) is 12.1. The summed E-state index contributed by atoms with van der Waals surface area (Å²) in [5.41, 5.74) is 15.5. The summed E-state index contributed by atoms with van der Waals surface area (Å²) in [5, 5.41) is 1.16. The first-order valence-electron chi connectivity index (χ1n) is 15.6. The molecule has 4 aromatic rings. The van der Waals surface area contributed by atoms with Crippen LogP contribution in [0.25, 0.3) is 11.1 Å². The van der Waals surface area contributed by atoms with Crippen LogP contribution in [0.1, 0.15) is 79.2 Å². The van der Waals surface area contributed by atoms with Gasteiger partial charge in [0.25, 0.3) is 0 Å². The monoisotopic (exact) mass is 631 g/mol. The minimum Gasteiger partial charge on any atom is -0.493 e. The molecule has 6 rings (SSSR count). The molecule has 0 aromatic heterocycles. The molecular weight excluding hydrogens is 593 g/mol. The van der Waals surface area contributed by atoms with Gasteiger partial charge in [-0.1, -0.05) is 66.5 Å². The third-order valence-electron chi connectivity index (χ3n) is 8.69. The Bertz CT molecular complexity index is 1550. The summed E-state index contributed by atoms with van der Waals surface area (Å²) in [6, 6.07) is 20.7. The highest BCUT2D eigenvalue weighted by Gasteiger charge is 2.31. The number of fused-ring (bicyclic) bond motifs is 2. The van der Waals surface area contributed by atoms with Crippen LogP contribution >= 0.6 is 23.2 Å². The number of benzene rings is 4. The zero-order valence-corrected chi connectivity index (χ0v) is 27.1. The van der Waals surface area contributed by atoms with Crippen LogP contribution in [-0.4, -0.2) is 13.2 Å². The minimum absolute atomic E-state index is 0.0737. The van der Waals surface area contributed by atoms with Crippen molar-refractivity contribution >= 4 is 23.2 Å². The van der Waals surface area contributed by atoms with Gasteiger partial charge in [-0.2, -0.15) is 0 Å². The van der Waals surface area contributed by atoms with E-state index in [9.17, 15) is 0 Å². The molecule has 2 aliphatic rings. The summed E-state index contributed by atoms with van der Waals surface area (Å²) in [7, 11) is 0. The lowest BCUT2D eigenvalue weighted by molar-refractivity contribution is 0.206. The summed E-state index contributed by atoms with van der Waals surface area (Å²) >= 11 is 13.3. The van der Waals surface area contributed by atoms with Crippen molar-refractivity contribution in [2.45, 2.75) is 71.6 Å². The maximum absolute atomic E-state index is 6.68. The molecule has 7 heteroatoms. The van der Waals surface area contributed by atoms with Gasteiger partial charge in [0.15, 0.2) is 0 Å². The van der Waals surface area contributed by atoms with Crippen molar-refractivity contribution < 1.29 is 18.9 Å². The number of hydrogen-bond donors (Lipinski definition) is 1. The lowest BCUT2D eigenvalue weighted by Crippen LogP contribution is -2.07. The molecule has 0 aliphatic heterocycles. The second-order valence-electron chi connectivity index (χ2n) is 11.2. The zero-order chi connectivity index (χ0) is 30.8. The number of nitrogens with two attached hydrogens (primary N) is 1. The Hall–Kier alpha value is -3.38. The summed E-state index contributed by atoms with van der Waals surface area (Å²) in [5.74, 6) is 2.84. The molecule has 0 unspecified atom stereocenters. The summed E-state index contributed by atoms with van der Waals surface area (Å²) in [6.45, 7) is 7.54. The van der Waals surface area contributed by atoms with Crippen LogP contribution in [0.3, 0.4) is 0 Å². The highest BCUT2D eigenvalue weighted by Crippen LogP contribution is 2.47. The molecule has 0 radical (unpaired) electrons. The van der Waals surface area contributed by atoms with Crippen molar-refractivity contribution in [3.63, 3.8) is 0 Å². The van der Waals surface area contributed by atoms with Gasteiger partial charge in [0, 0.05) is 24.2 Å². The largest absolute Gasteiger partial charge is 0.493 e. The average Bonchev–Trinajstić information content (AvgIpc) is 3.64. The highest BCUT2D eigenvalue weighted by atomic mass is 35.5. The molecule has 4 aromatic carbocycles. The average molecular weight is 633 g/mol. The number of rotatable bonds is 11. The Balaban J connectivity index is 1.28. The van der Waals surface area contributed by atoms with Gasteiger partial charge in [0.2, 0.25) is 0 Å². The Morgan fingerprint density at radius 1 is 0.659 bits per heavy atom. The van der Waals surface area contributed by atoms with Gasteiger partial charge in [-0.25, -0.2) is 0 Å². The van der Waals surface area contributed by atoms with E-state index >= 15 is 0 Å². The lowest BCUT2D eigenvalue weighted by Gasteiger charge is -2.20. The molecule has 2 aliphatic carbocycles. The van der Waals surface area contributed by atoms with E-state index in [4.69, 9.17) is 47.9 Å². The van der Waals surface area contributed by atoms with Crippen molar-refractivity contribution in [3.05, 3.63) is 104 Å². The van der Waals surface area contributed by atoms with Crippen molar-refractivity contribution in [2.24, 2.45) is 5.73 Å². The Kier molecular flexibility index (Phi) is 9.27. The standard InChI is InChI=1S/C37H39Cl2NO4/c1-4-22-17-30(38)36(19-34(22)41-5-2)43-32-15-13-26-24(9-7-11-28(26)32)25-10-8-12-29-27(25)14-16-33(29)44-37-20-35(42-6-3)23(21-40)18-31(37)39/h7-12,17-20,32-33H,4-6,13-16,21,40H2,1-3H3/t32-,33-/m0/s1. The summed E-state index contributed by atoms with van der Waals surface area (Å²) in [6.07, 6.45) is 4.31. The van der Waals surface area contributed by atoms with Crippen LogP contribution in [0, 0.1) is 0 Å². The van der Waals surface area contributed by atoms with E-state index in [-0.39, 0.29) is 12.2 Å². The fourth-order valence-corrected chi connectivity index (χ4v) is 7.10. The first kappa shape index (κ1) is 30.6. The Morgan fingerprint density at radius 2 is 1.14 bits per heavy atom. The number of hydrogen-bond acceptors (Lipinski definition) is 5. The summed E-state index contributed by atoms with van der Waals surface area (Å²) in [4.78, 5) is 0. The molecule has 0 saturated heterocycles. The normalized spacial score (nSPS) is 16.9. The molecule has 0 amide bonds. The van der Waals surface area contributed by atoms with Crippen LogP contribution in [0.2, 0.25) is 10.0 Å². The van der Waals surface area contributed by atoms with E-state index in [2.05, 4.69) is 43.3 Å². The van der Waals surface area contributed by atoms with Crippen LogP contribution in [0.4, 0.5) is 0 Å². The first-order valence-corrected chi connectivity index (χ1v) is 16.4. The molecule has 44 heavy (non-hydrogen) atoms. The number of aryl methyl sites for hydroxylation is 1. The highest BCUT2D eigenvalue weighted by molar-refractivity contribution is 6.32. The van der Waals surface area contributed by atoms with Crippen molar-refractivity contribution in [1.29, 1.82) is 0 Å². The SMILES string of the molecule is CCOc1cc(O[C@H]2CCc3c(-c4cccc5c4CC[C@@H]5Oc4cc(OCC)c(CN)cc4Cl)cccc32)c(Cl)cc1CC. The van der Waals surface area contributed by atoms with E-state index in [1.807, 2.05) is 38.1 Å². The van der Waals surface area contributed by atoms with Crippen molar-refractivity contribution in [1.82, 2.24) is 0 Å². The molecule has 0 bridgehead atoms. The lowest BCUT2D eigenvalue weighted by atomic mass is 9.91. The van der Waals surface area contributed by atoms with Gasteiger partial charge in [0.05, 0.1) is 23.3 Å². The third-order valence-corrected chi connectivity index (χ3v) is 9.28. The van der Waals surface area contributed by atoms with Crippen LogP contribution < -0.4 is 24.7 Å². The van der Waals surface area contributed by atoms with Crippen LogP contribution in [0.5, 0.6) is 23.0 Å². The molecule has 0 fully saturated rings. The summed E-state index contributed by atoms with van der Waals surface area (Å²) < 4.78 is 24.8. The van der Waals surface area contributed by atoms with Crippen LogP contribution in [0.15, 0.2) is 60.7 Å². The molecule has 230 valence electrons. The smallest absolute Gasteiger partial charge is 0.142 e. The first-order chi connectivity index (χ1) is 21.4. The quantitative estimate of drug-likeness (QED) is 0.178. The minimum atomic E-state index is -0.0961. The molecule has 2 atom stereocenters. The maximum Gasteiger partial charge on any atom is 0.142 e. The van der Waals surface area contributed by atoms with E-state index in [1.54, 1.807) is 0 Å². The van der Waals surface area contributed by atoms with E-state index in [0.717, 1.165) is 54.7 Å². The molecular formula is C37H39Cl2NO4. The van der Waals surface area contributed by atoms with E-state index in [0.29, 0.717) is 41.3 Å². The van der Waals surface area contributed by atoms with Gasteiger partial charge in [-0.15, -0.1) is 0 Å². The zero-order valence-electron chi connectivity index (χ0n) is 25.6. The van der Waals surface area contributed by atoms with Crippen LogP contribution in [-0.2, 0) is 25.8 Å². The van der Waals surface area contributed by atoms with Gasteiger partial charge in [0.1, 0.15) is 35.2 Å². The van der Waals surface area contributed by atoms with Gasteiger partial charge in [-0.3, -0.25) is 0 Å². The Labute approximate surface area is 270 Å². The van der Waals surface area contributed by atoms with Gasteiger partial charge >= 0.3 is 0 Å². The molecule has 2 N–H and O–H groups in total.